The third kappa shape index (κ3) is 5.10. The lowest BCUT2D eigenvalue weighted by atomic mass is 10.0. The van der Waals surface area contributed by atoms with Gasteiger partial charge >= 0.3 is 5.97 Å². The first-order valence-corrected chi connectivity index (χ1v) is 10.3. The molecule has 33 heavy (non-hydrogen) atoms. The number of anilines is 1. The smallest absolute Gasteiger partial charge is 0.335 e. The van der Waals surface area contributed by atoms with Gasteiger partial charge in [-0.1, -0.05) is 18.2 Å². The van der Waals surface area contributed by atoms with E-state index in [0.717, 1.165) is 22.4 Å². The van der Waals surface area contributed by atoms with Crippen LogP contribution in [0.1, 0.15) is 37.4 Å². The third-order valence-corrected chi connectivity index (χ3v) is 5.36. The second-order valence-corrected chi connectivity index (χ2v) is 7.62. The summed E-state index contributed by atoms with van der Waals surface area (Å²) in [6, 6.07) is 18.7. The number of nitrogens with zero attached hydrogens (tertiary/aromatic N) is 1. The van der Waals surface area contributed by atoms with Gasteiger partial charge in [0.1, 0.15) is 5.75 Å². The van der Waals surface area contributed by atoms with Crippen LogP contribution < -0.4 is 10.1 Å². The van der Waals surface area contributed by atoms with E-state index in [1.54, 1.807) is 18.2 Å². The van der Waals surface area contributed by atoms with E-state index in [4.69, 9.17) is 9.84 Å². The molecule has 0 saturated carbocycles. The second kappa shape index (κ2) is 9.40. The summed E-state index contributed by atoms with van der Waals surface area (Å²) in [5, 5.41) is 11.9. The Morgan fingerprint density at radius 1 is 0.970 bits per heavy atom. The number of benzene rings is 3. The van der Waals surface area contributed by atoms with Crippen LogP contribution in [0.5, 0.6) is 5.75 Å². The number of nitrogens with one attached hydrogen (secondary N) is 1. The highest BCUT2D eigenvalue weighted by Crippen LogP contribution is 2.25. The Kier molecular flexibility index (Phi) is 6.22. The van der Waals surface area contributed by atoms with Crippen molar-refractivity contribution in [1.82, 2.24) is 4.90 Å². The Hall–Kier alpha value is -4.39. The van der Waals surface area contributed by atoms with E-state index in [1.165, 1.54) is 24.3 Å². The maximum atomic E-state index is 12.9. The van der Waals surface area contributed by atoms with Crippen LogP contribution >= 0.6 is 0 Å². The average Bonchev–Trinajstić information content (AvgIpc) is 2.83. The van der Waals surface area contributed by atoms with Gasteiger partial charge in [-0.15, -0.1) is 0 Å². The van der Waals surface area contributed by atoms with Gasteiger partial charge in [-0.2, -0.15) is 0 Å². The van der Waals surface area contributed by atoms with Gasteiger partial charge in [-0.3, -0.25) is 9.59 Å². The molecule has 0 aromatic heterocycles. The molecule has 1 heterocycles. The molecule has 0 unspecified atom stereocenters. The fourth-order valence-corrected chi connectivity index (χ4v) is 3.58. The highest BCUT2D eigenvalue weighted by atomic mass is 16.5. The number of hydrogen-bond donors (Lipinski definition) is 2. The summed E-state index contributed by atoms with van der Waals surface area (Å²) >= 11 is 0. The van der Waals surface area contributed by atoms with Crippen molar-refractivity contribution in [3.8, 4) is 5.75 Å². The monoisotopic (exact) mass is 442 g/mol. The molecule has 3 aromatic rings. The van der Waals surface area contributed by atoms with Crippen LogP contribution in [-0.4, -0.2) is 34.9 Å². The lowest BCUT2D eigenvalue weighted by molar-refractivity contribution is -0.115. The minimum absolute atomic E-state index is 0.126. The summed E-state index contributed by atoms with van der Waals surface area (Å²) in [5.41, 5.74) is 3.92. The maximum Gasteiger partial charge on any atom is 0.335 e. The molecule has 0 saturated heterocycles. The van der Waals surface area contributed by atoms with Crippen molar-refractivity contribution in [2.24, 2.45) is 0 Å². The van der Waals surface area contributed by atoms with Gasteiger partial charge in [0.25, 0.3) is 5.91 Å². The van der Waals surface area contributed by atoms with Crippen molar-refractivity contribution in [3.05, 3.63) is 101 Å². The molecule has 1 aliphatic rings. The van der Waals surface area contributed by atoms with Crippen LogP contribution in [0.25, 0.3) is 6.08 Å². The lowest BCUT2D eigenvalue weighted by Gasteiger charge is -2.24. The normalized spacial score (nSPS) is 12.1. The van der Waals surface area contributed by atoms with Crippen molar-refractivity contribution in [3.63, 3.8) is 0 Å². The van der Waals surface area contributed by atoms with E-state index in [2.05, 4.69) is 5.32 Å². The van der Waals surface area contributed by atoms with E-state index in [-0.39, 0.29) is 23.8 Å². The van der Waals surface area contributed by atoms with E-state index in [9.17, 15) is 14.4 Å². The Morgan fingerprint density at radius 2 is 1.67 bits per heavy atom. The summed E-state index contributed by atoms with van der Waals surface area (Å²) in [6.07, 6.45) is 3.78. The summed E-state index contributed by atoms with van der Waals surface area (Å²) in [6.45, 7) is 0.341. The molecule has 2 N–H and O–H groups in total. The number of rotatable bonds is 6. The molecule has 166 valence electrons. The fraction of sp³-hybridized carbons (Fsp3) is 0.115. The van der Waals surface area contributed by atoms with Crippen LogP contribution in [0, 0.1) is 0 Å². The number of methoxy groups -OCH3 is 1. The van der Waals surface area contributed by atoms with Gasteiger partial charge in [0, 0.05) is 17.5 Å². The molecule has 0 aliphatic carbocycles. The highest BCUT2D eigenvalue weighted by molar-refractivity contribution is 5.97. The molecule has 7 heteroatoms. The summed E-state index contributed by atoms with van der Waals surface area (Å²) in [7, 11) is 1.59. The first-order chi connectivity index (χ1) is 15.9. The molecule has 2 amide bonds. The SMILES string of the molecule is COc1ccc(CC(=O)Nc2ccc3c(c2)CN(C(=O)c2ccc(C(=O)O)cc2)C=C3)cc1. The number of hydrogen-bond acceptors (Lipinski definition) is 4. The predicted octanol–water partition coefficient (Wildman–Crippen LogP) is 4.20. The topological polar surface area (TPSA) is 95.9 Å². The molecule has 0 radical (unpaired) electrons. The van der Waals surface area contributed by atoms with Gasteiger partial charge in [0.2, 0.25) is 5.91 Å². The van der Waals surface area contributed by atoms with E-state index >= 15 is 0 Å². The summed E-state index contributed by atoms with van der Waals surface area (Å²) < 4.78 is 5.13. The number of carboxylic acids is 1. The zero-order valence-corrected chi connectivity index (χ0v) is 17.9. The third-order valence-electron chi connectivity index (χ3n) is 5.36. The standard InChI is InChI=1S/C26H22N2O5/c1-33-23-10-2-17(3-11-23)14-24(29)27-22-9-8-18-12-13-28(16-21(18)15-22)25(30)19-4-6-20(7-5-19)26(31)32/h2-13,15H,14,16H2,1H3,(H,27,29)(H,31,32). The van der Waals surface area contributed by atoms with Crippen LogP contribution in [0.4, 0.5) is 5.69 Å². The maximum absolute atomic E-state index is 12.9. The molecular weight excluding hydrogens is 420 g/mol. The number of aromatic carboxylic acids is 1. The van der Waals surface area contributed by atoms with E-state index in [0.29, 0.717) is 17.8 Å². The van der Waals surface area contributed by atoms with Crippen molar-refractivity contribution in [1.29, 1.82) is 0 Å². The molecule has 0 fully saturated rings. The van der Waals surface area contributed by atoms with Gasteiger partial charge in [0.05, 0.1) is 25.6 Å². The molecular formula is C26H22N2O5. The fourth-order valence-electron chi connectivity index (χ4n) is 3.58. The Bertz CT molecular complexity index is 1230. The van der Waals surface area contributed by atoms with Crippen LogP contribution in [0.3, 0.4) is 0 Å². The number of fused-ring (bicyclic) bond motifs is 1. The minimum Gasteiger partial charge on any atom is -0.497 e. The van der Waals surface area contributed by atoms with Crippen LogP contribution in [-0.2, 0) is 17.8 Å². The van der Waals surface area contributed by atoms with Crippen LogP contribution in [0.15, 0.2) is 72.9 Å². The first kappa shape index (κ1) is 21.8. The van der Waals surface area contributed by atoms with Gasteiger partial charge in [-0.05, 0) is 71.3 Å². The number of carboxylic acid groups (broad SMARTS) is 1. The highest BCUT2D eigenvalue weighted by Gasteiger charge is 2.19. The number of carbonyl (C=O) groups excluding carboxylic acids is 2. The first-order valence-electron chi connectivity index (χ1n) is 10.3. The van der Waals surface area contributed by atoms with E-state index in [1.807, 2.05) is 48.5 Å². The predicted molar refractivity (Wildman–Crippen MR) is 124 cm³/mol. The van der Waals surface area contributed by atoms with Crippen LogP contribution in [0.2, 0.25) is 0 Å². The van der Waals surface area contributed by atoms with Crippen molar-refractivity contribution >= 4 is 29.5 Å². The number of amides is 2. The number of carbonyl (C=O) groups is 3. The molecule has 1 aliphatic heterocycles. The largest absolute Gasteiger partial charge is 0.497 e. The van der Waals surface area contributed by atoms with Gasteiger partial charge in [-0.25, -0.2) is 4.79 Å². The second-order valence-electron chi connectivity index (χ2n) is 7.62. The van der Waals surface area contributed by atoms with Crippen molar-refractivity contribution in [2.45, 2.75) is 13.0 Å². The van der Waals surface area contributed by atoms with E-state index < -0.39 is 5.97 Å². The summed E-state index contributed by atoms with van der Waals surface area (Å²) in [4.78, 5) is 37.9. The zero-order valence-electron chi connectivity index (χ0n) is 17.9. The van der Waals surface area contributed by atoms with Crippen molar-refractivity contribution in [2.75, 3.05) is 12.4 Å². The molecule has 0 atom stereocenters. The Balaban J connectivity index is 1.42. The molecule has 0 bridgehead atoms. The van der Waals surface area contributed by atoms with Gasteiger partial charge < -0.3 is 20.1 Å². The molecule has 7 nitrogen and oxygen atoms in total. The minimum atomic E-state index is -1.04. The Morgan fingerprint density at radius 3 is 2.33 bits per heavy atom. The van der Waals surface area contributed by atoms with Gasteiger partial charge in [0.15, 0.2) is 0 Å². The molecule has 4 rings (SSSR count). The average molecular weight is 442 g/mol. The molecule has 0 spiro atoms. The summed E-state index contributed by atoms with van der Waals surface area (Å²) in [5.74, 6) is -0.679. The molecule has 3 aromatic carbocycles. The zero-order chi connectivity index (χ0) is 23.4. The number of ether oxygens (including phenoxy) is 1. The van der Waals surface area contributed by atoms with Crippen molar-refractivity contribution < 1.29 is 24.2 Å². The lowest BCUT2D eigenvalue weighted by Crippen LogP contribution is -2.27. The quantitative estimate of drug-likeness (QED) is 0.597. The Labute approximate surface area is 190 Å².